The maximum Gasteiger partial charge on any atom is 0.325 e. The summed E-state index contributed by atoms with van der Waals surface area (Å²) in [6, 6.07) is 25.9. The molecule has 8 nitrogen and oxygen atoms in total. The number of urea groups is 1. The first-order valence-corrected chi connectivity index (χ1v) is 11.9. The van der Waals surface area contributed by atoms with Crippen LogP contribution in [0.15, 0.2) is 91.0 Å². The molecule has 3 aromatic carbocycles. The van der Waals surface area contributed by atoms with E-state index in [1.807, 2.05) is 91.0 Å². The molecule has 1 saturated heterocycles. The predicted molar refractivity (Wildman–Crippen MR) is 139 cm³/mol. The molecule has 4 amide bonds. The van der Waals surface area contributed by atoms with Crippen LogP contribution in [-0.4, -0.2) is 48.9 Å². The van der Waals surface area contributed by atoms with Gasteiger partial charge in [0.1, 0.15) is 0 Å². The average molecular weight is 486 g/mol. The van der Waals surface area contributed by atoms with Crippen LogP contribution in [0.2, 0.25) is 0 Å². The zero-order chi connectivity index (χ0) is 25.7. The normalized spacial score (nSPS) is 16.4. The molecular formula is C28H31N5O3. The third-order valence-corrected chi connectivity index (χ3v) is 6.74. The number of hydrogen-bond donors (Lipinski definition) is 3. The molecule has 4 rings (SSSR count). The van der Waals surface area contributed by atoms with E-state index >= 15 is 0 Å². The Morgan fingerprint density at radius 3 is 1.92 bits per heavy atom. The number of nitrogens with two attached hydrogens (primary N) is 2. The fourth-order valence-electron chi connectivity index (χ4n) is 4.71. The molecular weight excluding hydrogens is 454 g/mol. The Hall–Kier alpha value is -4.01. The lowest BCUT2D eigenvalue weighted by molar-refractivity contribution is -0.131. The number of likely N-dealkylation sites (N-methyl/N-ethyl adjacent to an activating group) is 1. The van der Waals surface area contributed by atoms with Crippen molar-refractivity contribution >= 4 is 23.5 Å². The molecule has 0 spiro atoms. The molecule has 5 N–H and O–H groups in total. The summed E-state index contributed by atoms with van der Waals surface area (Å²) < 4.78 is 0. The van der Waals surface area contributed by atoms with Gasteiger partial charge in [0.05, 0.1) is 6.04 Å². The third-order valence-electron chi connectivity index (χ3n) is 6.74. The molecule has 186 valence electrons. The van der Waals surface area contributed by atoms with E-state index in [1.165, 1.54) is 4.90 Å². The molecule has 1 aliphatic heterocycles. The summed E-state index contributed by atoms with van der Waals surface area (Å²) in [4.78, 5) is 43.1. The molecule has 8 heteroatoms. The fourth-order valence-corrected chi connectivity index (χ4v) is 4.71. The number of imide groups is 1. The number of para-hydroxylation sites is 1. The lowest BCUT2D eigenvalue weighted by atomic mass is 9.82. The lowest BCUT2D eigenvalue weighted by Gasteiger charge is -2.31. The van der Waals surface area contributed by atoms with Crippen LogP contribution in [0, 0.1) is 5.92 Å². The first kappa shape index (κ1) is 25.1. The number of amides is 4. The number of benzene rings is 3. The van der Waals surface area contributed by atoms with Crippen LogP contribution >= 0.6 is 0 Å². The smallest absolute Gasteiger partial charge is 0.325 e. The van der Waals surface area contributed by atoms with E-state index in [-0.39, 0.29) is 19.0 Å². The summed E-state index contributed by atoms with van der Waals surface area (Å²) in [5.74, 6) is -1.25. The zero-order valence-corrected chi connectivity index (χ0v) is 20.2. The van der Waals surface area contributed by atoms with Crippen LogP contribution in [0.25, 0.3) is 0 Å². The van der Waals surface area contributed by atoms with Gasteiger partial charge in [0, 0.05) is 25.2 Å². The maximum absolute atomic E-state index is 14.0. The second-order valence-electron chi connectivity index (χ2n) is 8.92. The van der Waals surface area contributed by atoms with Crippen molar-refractivity contribution in [3.8, 4) is 0 Å². The first-order valence-electron chi connectivity index (χ1n) is 11.9. The molecule has 36 heavy (non-hydrogen) atoms. The molecule has 3 aromatic rings. The topological polar surface area (TPSA) is 122 Å². The molecule has 2 atom stereocenters. The maximum atomic E-state index is 14.0. The van der Waals surface area contributed by atoms with E-state index in [1.54, 1.807) is 7.05 Å². The Kier molecular flexibility index (Phi) is 7.47. The van der Waals surface area contributed by atoms with Crippen LogP contribution in [0.1, 0.15) is 17.5 Å². The number of nitrogens with zero attached hydrogens (tertiary/aromatic N) is 2. The molecule has 1 fully saturated rings. The van der Waals surface area contributed by atoms with Gasteiger partial charge in [-0.3, -0.25) is 14.5 Å². The Labute approximate surface area is 210 Å². The number of carbonyl (C=O) groups excluding carboxylic acids is 3. The van der Waals surface area contributed by atoms with E-state index in [4.69, 9.17) is 11.5 Å². The lowest BCUT2D eigenvalue weighted by Crippen LogP contribution is -2.51. The van der Waals surface area contributed by atoms with Crippen molar-refractivity contribution in [1.82, 2.24) is 10.2 Å². The molecule has 1 unspecified atom stereocenters. The van der Waals surface area contributed by atoms with Crippen LogP contribution in [0.4, 0.5) is 10.5 Å². The van der Waals surface area contributed by atoms with E-state index < -0.39 is 29.4 Å². The average Bonchev–Trinajstić information content (AvgIpc) is 3.18. The summed E-state index contributed by atoms with van der Waals surface area (Å²) >= 11 is 0. The Morgan fingerprint density at radius 2 is 1.42 bits per heavy atom. The minimum atomic E-state index is -1.37. The summed E-state index contributed by atoms with van der Waals surface area (Å²) in [5.41, 5.74) is 12.9. The third kappa shape index (κ3) is 4.60. The van der Waals surface area contributed by atoms with Gasteiger partial charge in [-0.2, -0.15) is 0 Å². The highest BCUT2D eigenvalue weighted by atomic mass is 16.2. The number of nitrogens with one attached hydrogen (secondary N) is 1. The highest BCUT2D eigenvalue weighted by molar-refractivity contribution is 6.09. The van der Waals surface area contributed by atoms with Gasteiger partial charge in [-0.15, -0.1) is 0 Å². The number of anilines is 1. The van der Waals surface area contributed by atoms with E-state index in [0.717, 1.165) is 4.90 Å². The monoisotopic (exact) mass is 485 g/mol. The van der Waals surface area contributed by atoms with Crippen LogP contribution in [-0.2, 0) is 15.1 Å². The van der Waals surface area contributed by atoms with Gasteiger partial charge in [0.25, 0.3) is 5.91 Å². The van der Waals surface area contributed by atoms with E-state index in [0.29, 0.717) is 23.2 Å². The highest BCUT2D eigenvalue weighted by Gasteiger charge is 2.54. The van der Waals surface area contributed by atoms with E-state index in [2.05, 4.69) is 5.32 Å². The first-order chi connectivity index (χ1) is 17.4. The highest BCUT2D eigenvalue weighted by Crippen LogP contribution is 2.36. The van der Waals surface area contributed by atoms with Crippen molar-refractivity contribution in [3.63, 3.8) is 0 Å². The standard InChI is InChI=1S/C28H31N5O3/c1-32(23-15-9-4-10-16-23)25(34)24(30)20(17-18-29)19-33-26(35)28(31-27(33)36,21-11-5-2-6-12-21)22-13-7-3-8-14-22/h2-16,20,24H,17-19,29-30H2,1H3,(H,31,36)/t20?,24-/m0/s1. The quantitative estimate of drug-likeness (QED) is 0.402. The number of carbonyl (C=O) groups is 3. The second-order valence-corrected chi connectivity index (χ2v) is 8.92. The van der Waals surface area contributed by atoms with Crippen molar-refractivity contribution in [2.24, 2.45) is 17.4 Å². The Balaban J connectivity index is 1.63. The Morgan fingerprint density at radius 1 is 0.917 bits per heavy atom. The van der Waals surface area contributed by atoms with Crippen molar-refractivity contribution in [3.05, 3.63) is 102 Å². The van der Waals surface area contributed by atoms with Gasteiger partial charge in [-0.05, 0) is 36.2 Å². The van der Waals surface area contributed by atoms with Crippen LogP contribution < -0.4 is 21.7 Å². The molecule has 1 heterocycles. The summed E-state index contributed by atoms with van der Waals surface area (Å²) in [6.45, 7) is 0.228. The minimum Gasteiger partial charge on any atom is -0.330 e. The van der Waals surface area contributed by atoms with Gasteiger partial charge < -0.3 is 21.7 Å². The molecule has 0 aliphatic carbocycles. The van der Waals surface area contributed by atoms with E-state index in [9.17, 15) is 14.4 Å². The van der Waals surface area contributed by atoms with Gasteiger partial charge in [-0.1, -0.05) is 78.9 Å². The SMILES string of the molecule is CN(C(=O)[C@@H](N)C(CCN)CN1C(=O)NC(c2ccccc2)(c2ccccc2)C1=O)c1ccccc1. The molecule has 0 bridgehead atoms. The van der Waals surface area contributed by atoms with Crippen molar-refractivity contribution in [2.45, 2.75) is 18.0 Å². The fraction of sp³-hybridized carbons (Fsp3) is 0.250. The molecule has 0 saturated carbocycles. The Bertz CT molecular complexity index is 1160. The number of rotatable bonds is 9. The van der Waals surface area contributed by atoms with Gasteiger partial charge >= 0.3 is 6.03 Å². The van der Waals surface area contributed by atoms with Crippen molar-refractivity contribution in [1.29, 1.82) is 0 Å². The van der Waals surface area contributed by atoms with Crippen LogP contribution in [0.3, 0.4) is 0 Å². The molecule has 1 aliphatic rings. The minimum absolute atomic E-state index is 0.0289. The van der Waals surface area contributed by atoms with Crippen molar-refractivity contribution < 1.29 is 14.4 Å². The van der Waals surface area contributed by atoms with Gasteiger partial charge in [0.15, 0.2) is 5.54 Å². The predicted octanol–water partition coefficient (Wildman–Crippen LogP) is 2.44. The van der Waals surface area contributed by atoms with Gasteiger partial charge in [-0.25, -0.2) is 4.79 Å². The van der Waals surface area contributed by atoms with Crippen molar-refractivity contribution in [2.75, 3.05) is 25.0 Å². The molecule has 0 aromatic heterocycles. The molecule has 0 radical (unpaired) electrons. The zero-order valence-electron chi connectivity index (χ0n) is 20.2. The number of hydrogen-bond acceptors (Lipinski definition) is 5. The summed E-state index contributed by atoms with van der Waals surface area (Å²) in [7, 11) is 1.65. The summed E-state index contributed by atoms with van der Waals surface area (Å²) in [6.07, 6.45) is 0.371. The second kappa shape index (κ2) is 10.7. The van der Waals surface area contributed by atoms with Crippen LogP contribution in [0.5, 0.6) is 0 Å². The summed E-state index contributed by atoms with van der Waals surface area (Å²) in [5, 5.41) is 2.93. The largest absolute Gasteiger partial charge is 0.330 e. The van der Waals surface area contributed by atoms with Gasteiger partial charge in [0.2, 0.25) is 5.91 Å².